The molecule has 1 aromatic carbocycles. The molecular formula is C11H12F2NOY+2. The second kappa shape index (κ2) is 6.75. The Morgan fingerprint density at radius 3 is 2.62 bits per heavy atom. The van der Waals surface area contributed by atoms with E-state index in [0.29, 0.717) is 19.8 Å². The van der Waals surface area contributed by atoms with Gasteiger partial charge in [-0.2, -0.15) is 6.07 Å². The molecule has 0 unspecified atom stereocenters. The second-order valence-electron chi connectivity index (χ2n) is 3.56. The van der Waals surface area contributed by atoms with Crippen LogP contribution >= 0.6 is 0 Å². The summed E-state index contributed by atoms with van der Waals surface area (Å²) < 4.78 is 30.7. The zero-order valence-electron chi connectivity index (χ0n) is 8.88. The summed E-state index contributed by atoms with van der Waals surface area (Å²) >= 11 is 0. The van der Waals surface area contributed by atoms with Crippen LogP contribution in [0.2, 0.25) is 0 Å². The summed E-state index contributed by atoms with van der Waals surface area (Å²) in [7, 11) is 0. The molecule has 0 atom stereocenters. The third kappa shape index (κ3) is 3.84. The Morgan fingerprint density at radius 1 is 1.31 bits per heavy atom. The zero-order chi connectivity index (χ0) is 10.7. The van der Waals surface area contributed by atoms with Crippen molar-refractivity contribution in [3.8, 4) is 0 Å². The van der Waals surface area contributed by atoms with Gasteiger partial charge in [0, 0.05) is 24.7 Å². The van der Waals surface area contributed by atoms with E-state index in [4.69, 9.17) is 4.74 Å². The minimum atomic E-state index is -0.916. The number of halogens is 2. The minimum absolute atomic E-state index is 0. The number of hydrogen-bond acceptors (Lipinski definition) is 2. The van der Waals surface area contributed by atoms with Gasteiger partial charge in [0.1, 0.15) is 0 Å². The smallest absolute Gasteiger partial charge is 0.379 e. The molecule has 0 N–H and O–H groups in total. The zero-order valence-corrected chi connectivity index (χ0v) is 11.7. The largest absolute Gasteiger partial charge is 3.00 e. The number of benzene rings is 1. The molecule has 1 aromatic rings. The topological polar surface area (TPSA) is 12.5 Å². The molecule has 0 aliphatic carbocycles. The van der Waals surface area contributed by atoms with Gasteiger partial charge in [-0.3, -0.25) is 4.39 Å². The molecule has 82 valence electrons. The maximum absolute atomic E-state index is 12.9. The van der Waals surface area contributed by atoms with Gasteiger partial charge in [0.15, 0.2) is 0 Å². The van der Waals surface area contributed by atoms with Gasteiger partial charge in [0.25, 0.3) is 0 Å². The summed E-state index contributed by atoms with van der Waals surface area (Å²) in [5.74, 6) is -1.75. The van der Waals surface area contributed by atoms with Crippen molar-refractivity contribution in [1.82, 2.24) is 4.90 Å². The second-order valence-corrected chi connectivity index (χ2v) is 3.56. The van der Waals surface area contributed by atoms with Crippen molar-refractivity contribution in [2.75, 3.05) is 26.3 Å². The third-order valence-electron chi connectivity index (χ3n) is 2.42. The van der Waals surface area contributed by atoms with Crippen molar-refractivity contribution >= 4 is 0 Å². The minimum Gasteiger partial charge on any atom is -0.379 e. The Kier molecular flexibility index (Phi) is 5.97. The number of rotatable bonds is 2. The van der Waals surface area contributed by atoms with Crippen LogP contribution in [-0.2, 0) is 44.0 Å². The van der Waals surface area contributed by atoms with Crippen LogP contribution in [0.25, 0.3) is 0 Å². The van der Waals surface area contributed by atoms with Crippen LogP contribution in [0, 0.1) is 17.7 Å². The van der Waals surface area contributed by atoms with Crippen molar-refractivity contribution < 1.29 is 46.2 Å². The maximum atomic E-state index is 12.9. The first-order chi connectivity index (χ1) is 7.25. The van der Waals surface area contributed by atoms with E-state index in [1.165, 1.54) is 12.1 Å². The van der Waals surface area contributed by atoms with E-state index in [1.807, 2.05) is 0 Å². The van der Waals surface area contributed by atoms with Gasteiger partial charge in [-0.15, -0.1) is 17.7 Å². The van der Waals surface area contributed by atoms with E-state index < -0.39 is 11.6 Å². The Labute approximate surface area is 119 Å². The van der Waals surface area contributed by atoms with Gasteiger partial charge in [-0.05, 0) is 6.54 Å². The SMILES string of the molecule is Fc1[c-]cc(CN2CCOCC2)cc1F.[Y+3]. The fourth-order valence-electron chi connectivity index (χ4n) is 1.60. The number of ether oxygens (including phenoxy) is 1. The fourth-order valence-corrected chi connectivity index (χ4v) is 1.60. The molecular weight excluding hydrogens is 289 g/mol. The maximum Gasteiger partial charge on any atom is 3.00 e. The molecule has 16 heavy (non-hydrogen) atoms. The Balaban J connectivity index is 0.00000128. The van der Waals surface area contributed by atoms with Gasteiger partial charge in [-0.1, -0.05) is 0 Å². The first-order valence-corrected chi connectivity index (χ1v) is 4.91. The van der Waals surface area contributed by atoms with Crippen LogP contribution in [0.1, 0.15) is 5.56 Å². The molecule has 0 bridgehead atoms. The van der Waals surface area contributed by atoms with Crippen LogP contribution in [0.3, 0.4) is 0 Å². The van der Waals surface area contributed by atoms with Crippen LogP contribution in [0.4, 0.5) is 8.78 Å². The van der Waals surface area contributed by atoms with E-state index >= 15 is 0 Å². The summed E-state index contributed by atoms with van der Waals surface area (Å²) in [6, 6.07) is 4.98. The molecule has 1 aliphatic rings. The normalized spacial score (nSPS) is 16.9. The number of hydrogen-bond donors (Lipinski definition) is 0. The molecule has 1 aliphatic heterocycles. The molecule has 2 rings (SSSR count). The monoisotopic (exact) mass is 301 g/mol. The van der Waals surface area contributed by atoms with Crippen molar-refractivity contribution in [2.45, 2.75) is 6.54 Å². The van der Waals surface area contributed by atoms with Crippen LogP contribution in [0.15, 0.2) is 12.1 Å². The molecule has 0 aromatic heterocycles. The van der Waals surface area contributed by atoms with Gasteiger partial charge >= 0.3 is 32.7 Å². The first-order valence-electron chi connectivity index (χ1n) is 4.91. The predicted octanol–water partition coefficient (Wildman–Crippen LogP) is 1.59. The Bertz CT molecular complexity index is 343. The molecule has 0 spiro atoms. The van der Waals surface area contributed by atoms with E-state index in [2.05, 4.69) is 11.0 Å². The summed E-state index contributed by atoms with van der Waals surface area (Å²) in [5.41, 5.74) is 0.746. The molecule has 0 radical (unpaired) electrons. The van der Waals surface area contributed by atoms with E-state index in [0.717, 1.165) is 18.7 Å². The first kappa shape index (κ1) is 14.2. The average Bonchev–Trinajstić information content (AvgIpc) is 2.25. The quantitative estimate of drug-likeness (QED) is 0.769. The fraction of sp³-hybridized carbons (Fsp3) is 0.455. The molecule has 0 saturated carbocycles. The molecule has 2 nitrogen and oxygen atoms in total. The van der Waals surface area contributed by atoms with Crippen LogP contribution in [0.5, 0.6) is 0 Å². The summed E-state index contributed by atoms with van der Waals surface area (Å²) in [6.45, 7) is 3.69. The van der Waals surface area contributed by atoms with E-state index in [1.54, 1.807) is 0 Å². The van der Waals surface area contributed by atoms with Gasteiger partial charge in [0.05, 0.1) is 13.2 Å². The van der Waals surface area contributed by atoms with Gasteiger partial charge in [-0.25, -0.2) is 4.39 Å². The standard InChI is InChI=1S/C11H12F2NO.Y/c12-10-2-1-9(7-11(10)13)8-14-3-5-15-6-4-14;/h1,7H,3-6,8H2;/q-1;+3. The van der Waals surface area contributed by atoms with Crippen molar-refractivity contribution in [1.29, 1.82) is 0 Å². The molecule has 1 saturated heterocycles. The average molecular weight is 301 g/mol. The molecule has 0 amide bonds. The molecule has 1 fully saturated rings. The Morgan fingerprint density at radius 2 is 2.00 bits per heavy atom. The van der Waals surface area contributed by atoms with E-state index in [-0.39, 0.29) is 32.7 Å². The van der Waals surface area contributed by atoms with Gasteiger partial charge < -0.3 is 9.64 Å². The van der Waals surface area contributed by atoms with Crippen LogP contribution in [-0.4, -0.2) is 31.2 Å². The Hall–Kier alpha value is 0.104. The van der Waals surface area contributed by atoms with Crippen molar-refractivity contribution in [2.24, 2.45) is 0 Å². The van der Waals surface area contributed by atoms with E-state index in [9.17, 15) is 8.78 Å². The summed E-state index contributed by atoms with van der Waals surface area (Å²) in [6.07, 6.45) is 0. The van der Waals surface area contributed by atoms with Crippen LogP contribution < -0.4 is 0 Å². The summed E-state index contributed by atoms with van der Waals surface area (Å²) in [5, 5.41) is 0. The molecule has 5 heteroatoms. The number of nitrogens with zero attached hydrogens (tertiary/aromatic N) is 1. The number of morpholine rings is 1. The van der Waals surface area contributed by atoms with Crippen molar-refractivity contribution in [3.63, 3.8) is 0 Å². The predicted molar refractivity (Wildman–Crippen MR) is 51.3 cm³/mol. The molecule has 1 heterocycles. The summed E-state index contributed by atoms with van der Waals surface area (Å²) in [4.78, 5) is 2.14. The van der Waals surface area contributed by atoms with Gasteiger partial charge in [0.2, 0.25) is 0 Å². The third-order valence-corrected chi connectivity index (χ3v) is 2.42. The van der Waals surface area contributed by atoms with Crippen molar-refractivity contribution in [3.05, 3.63) is 35.4 Å².